The van der Waals surface area contributed by atoms with Crippen LogP contribution in [-0.2, 0) is 12.7 Å². The van der Waals surface area contributed by atoms with Crippen molar-refractivity contribution in [3.05, 3.63) is 47.4 Å². The fraction of sp³-hybridized carbons (Fsp3) is 0.375. The fourth-order valence-electron chi connectivity index (χ4n) is 1.90. The van der Waals surface area contributed by atoms with Crippen LogP contribution in [0.3, 0.4) is 0 Å². The first kappa shape index (κ1) is 18.0. The number of rotatable bonds is 6. The summed E-state index contributed by atoms with van der Waals surface area (Å²) in [5.41, 5.74) is -0.722. The minimum absolute atomic E-state index is 0.0176. The van der Waals surface area contributed by atoms with Crippen molar-refractivity contribution in [1.82, 2.24) is 9.97 Å². The van der Waals surface area contributed by atoms with Crippen molar-refractivity contribution in [2.75, 3.05) is 10.6 Å². The lowest BCUT2D eigenvalue weighted by Gasteiger charge is -2.15. The van der Waals surface area contributed by atoms with Gasteiger partial charge in [-0.3, -0.25) is 0 Å². The highest BCUT2D eigenvalue weighted by molar-refractivity contribution is 5.44. The smallest absolute Gasteiger partial charge is 0.366 e. The summed E-state index contributed by atoms with van der Waals surface area (Å²) in [5, 5.41) is 5.53. The van der Waals surface area contributed by atoms with Crippen molar-refractivity contribution < 1.29 is 17.6 Å². The van der Waals surface area contributed by atoms with Gasteiger partial charge in [0.25, 0.3) is 0 Å². The molecule has 0 aliphatic heterocycles. The number of nitrogens with zero attached hydrogens (tertiary/aromatic N) is 2. The lowest BCUT2D eigenvalue weighted by molar-refractivity contribution is -0.141. The van der Waals surface area contributed by atoms with Crippen molar-refractivity contribution in [3.8, 4) is 0 Å². The molecule has 0 bridgehead atoms. The molecule has 0 aliphatic carbocycles. The van der Waals surface area contributed by atoms with E-state index in [9.17, 15) is 17.6 Å². The number of nitrogens with one attached hydrogen (secondary N) is 2. The molecular formula is C16H18F4N4. The Morgan fingerprint density at radius 3 is 2.50 bits per heavy atom. The van der Waals surface area contributed by atoms with Crippen LogP contribution >= 0.6 is 0 Å². The molecule has 4 nitrogen and oxygen atoms in total. The van der Waals surface area contributed by atoms with Crippen LogP contribution in [0.1, 0.15) is 31.5 Å². The van der Waals surface area contributed by atoms with E-state index in [4.69, 9.17) is 0 Å². The van der Waals surface area contributed by atoms with Crippen LogP contribution in [0.25, 0.3) is 0 Å². The number of halogens is 4. The van der Waals surface area contributed by atoms with E-state index in [2.05, 4.69) is 20.6 Å². The second kappa shape index (κ2) is 7.46. The van der Waals surface area contributed by atoms with Gasteiger partial charge in [-0.05, 0) is 19.4 Å². The Morgan fingerprint density at radius 2 is 1.88 bits per heavy atom. The standard InChI is InChI=1S/C16H18F4N4/c1-3-10(2)22-15-23-13(16(18,19)20)8-14(24-15)21-9-11-6-4-5-7-12(11)17/h4-8,10H,3,9H2,1-2H3,(H2,21,22,23,24)/t10-/m0/s1. The Balaban J connectivity index is 2.24. The lowest BCUT2D eigenvalue weighted by Crippen LogP contribution is -2.19. The zero-order chi connectivity index (χ0) is 17.7. The van der Waals surface area contributed by atoms with E-state index in [1.165, 1.54) is 6.07 Å². The van der Waals surface area contributed by atoms with Gasteiger partial charge in [0.2, 0.25) is 5.95 Å². The monoisotopic (exact) mass is 342 g/mol. The maximum Gasteiger partial charge on any atom is 0.433 e. The van der Waals surface area contributed by atoms with Gasteiger partial charge in [-0.2, -0.15) is 18.2 Å². The van der Waals surface area contributed by atoms with Gasteiger partial charge in [0.15, 0.2) is 5.69 Å². The molecule has 0 saturated heterocycles. The summed E-state index contributed by atoms with van der Waals surface area (Å²) < 4.78 is 52.6. The van der Waals surface area contributed by atoms with Gasteiger partial charge in [0, 0.05) is 24.2 Å². The van der Waals surface area contributed by atoms with E-state index >= 15 is 0 Å². The van der Waals surface area contributed by atoms with Crippen molar-refractivity contribution in [2.45, 2.75) is 39.0 Å². The third-order valence-electron chi connectivity index (χ3n) is 3.42. The largest absolute Gasteiger partial charge is 0.433 e. The molecule has 2 aromatic rings. The van der Waals surface area contributed by atoms with Gasteiger partial charge < -0.3 is 10.6 Å². The summed E-state index contributed by atoms with van der Waals surface area (Å²) in [7, 11) is 0. The van der Waals surface area contributed by atoms with Crippen LogP contribution < -0.4 is 10.6 Å². The van der Waals surface area contributed by atoms with E-state index in [1.807, 2.05) is 13.8 Å². The zero-order valence-electron chi connectivity index (χ0n) is 13.3. The summed E-state index contributed by atoms with van der Waals surface area (Å²) in [5.74, 6) is -0.574. The lowest BCUT2D eigenvalue weighted by atomic mass is 10.2. The highest BCUT2D eigenvalue weighted by Gasteiger charge is 2.33. The second-order valence-corrected chi connectivity index (χ2v) is 5.36. The van der Waals surface area contributed by atoms with E-state index < -0.39 is 17.7 Å². The number of anilines is 2. The van der Waals surface area contributed by atoms with E-state index in [0.717, 1.165) is 6.07 Å². The number of hydrogen-bond acceptors (Lipinski definition) is 4. The van der Waals surface area contributed by atoms with Crippen LogP contribution in [0.15, 0.2) is 30.3 Å². The number of alkyl halides is 3. The van der Waals surface area contributed by atoms with Crippen molar-refractivity contribution in [3.63, 3.8) is 0 Å². The summed E-state index contributed by atoms with van der Waals surface area (Å²) in [4.78, 5) is 7.53. The van der Waals surface area contributed by atoms with Crippen molar-refractivity contribution >= 4 is 11.8 Å². The van der Waals surface area contributed by atoms with Gasteiger partial charge in [0.05, 0.1) is 0 Å². The quantitative estimate of drug-likeness (QED) is 0.761. The first-order valence-electron chi connectivity index (χ1n) is 7.49. The first-order chi connectivity index (χ1) is 11.3. The predicted molar refractivity (Wildman–Crippen MR) is 84.1 cm³/mol. The third kappa shape index (κ3) is 4.81. The summed E-state index contributed by atoms with van der Waals surface area (Å²) in [6.45, 7) is 3.72. The maximum absolute atomic E-state index is 13.6. The molecule has 0 fully saturated rings. The molecule has 24 heavy (non-hydrogen) atoms. The molecule has 0 spiro atoms. The van der Waals surface area contributed by atoms with Gasteiger partial charge in [-0.25, -0.2) is 9.37 Å². The Kier molecular flexibility index (Phi) is 5.58. The fourth-order valence-corrected chi connectivity index (χ4v) is 1.90. The topological polar surface area (TPSA) is 49.8 Å². The molecule has 0 amide bonds. The zero-order valence-corrected chi connectivity index (χ0v) is 13.3. The Hall–Kier alpha value is -2.38. The van der Waals surface area contributed by atoms with Gasteiger partial charge in [-0.15, -0.1) is 0 Å². The molecule has 1 atom stereocenters. The molecule has 1 heterocycles. The minimum atomic E-state index is -4.59. The highest BCUT2D eigenvalue weighted by Crippen LogP contribution is 2.30. The van der Waals surface area contributed by atoms with Gasteiger partial charge in [0.1, 0.15) is 11.6 Å². The molecule has 2 N–H and O–H groups in total. The molecule has 8 heteroatoms. The molecule has 2 rings (SSSR count). The van der Waals surface area contributed by atoms with Crippen molar-refractivity contribution in [1.29, 1.82) is 0 Å². The predicted octanol–water partition coefficient (Wildman–Crippen LogP) is 4.46. The first-order valence-corrected chi connectivity index (χ1v) is 7.49. The molecule has 130 valence electrons. The van der Waals surface area contributed by atoms with Crippen molar-refractivity contribution in [2.24, 2.45) is 0 Å². The average molecular weight is 342 g/mol. The molecule has 0 unspecified atom stereocenters. The van der Waals surface area contributed by atoms with E-state index in [1.54, 1.807) is 18.2 Å². The van der Waals surface area contributed by atoms with Gasteiger partial charge in [-0.1, -0.05) is 25.1 Å². The van der Waals surface area contributed by atoms with E-state index in [0.29, 0.717) is 12.0 Å². The summed E-state index contributed by atoms with van der Waals surface area (Å²) >= 11 is 0. The van der Waals surface area contributed by atoms with Crippen LogP contribution in [0.5, 0.6) is 0 Å². The molecule has 0 aliphatic rings. The average Bonchev–Trinajstić information content (AvgIpc) is 2.53. The minimum Gasteiger partial charge on any atom is -0.366 e. The Labute approximate surface area is 137 Å². The Bertz CT molecular complexity index is 688. The van der Waals surface area contributed by atoms with E-state index in [-0.39, 0.29) is 24.4 Å². The molecule has 0 radical (unpaired) electrons. The normalized spacial score (nSPS) is 12.8. The van der Waals surface area contributed by atoms with Crippen LogP contribution in [0.4, 0.5) is 29.3 Å². The second-order valence-electron chi connectivity index (χ2n) is 5.36. The number of hydrogen-bond donors (Lipinski definition) is 2. The summed E-state index contributed by atoms with van der Waals surface area (Å²) in [6, 6.07) is 6.76. The summed E-state index contributed by atoms with van der Waals surface area (Å²) in [6.07, 6.45) is -3.89. The van der Waals surface area contributed by atoms with Crippen LogP contribution in [0, 0.1) is 5.82 Å². The highest BCUT2D eigenvalue weighted by atomic mass is 19.4. The molecule has 1 aromatic carbocycles. The molecule has 1 aromatic heterocycles. The SMILES string of the molecule is CC[C@H](C)Nc1nc(NCc2ccccc2F)cc(C(F)(F)F)n1. The van der Waals surface area contributed by atoms with Gasteiger partial charge >= 0.3 is 6.18 Å². The van der Waals surface area contributed by atoms with Crippen LogP contribution in [-0.4, -0.2) is 16.0 Å². The molecule has 0 saturated carbocycles. The Morgan fingerprint density at radius 1 is 1.17 bits per heavy atom. The third-order valence-corrected chi connectivity index (χ3v) is 3.42. The van der Waals surface area contributed by atoms with Crippen LogP contribution in [0.2, 0.25) is 0 Å². The maximum atomic E-state index is 13.6. The molecular weight excluding hydrogens is 324 g/mol. The number of benzene rings is 1. The number of aromatic nitrogens is 2.